The molecule has 27 heavy (non-hydrogen) atoms. The first-order valence-corrected chi connectivity index (χ1v) is 11.0. The van der Waals surface area contributed by atoms with Gasteiger partial charge in [-0.3, -0.25) is 23.8 Å². The molecule has 0 saturated carbocycles. The summed E-state index contributed by atoms with van der Waals surface area (Å²) in [7, 11) is -1.01. The molecule has 1 aromatic heterocycles. The molecular formula is C16H27N4O6P. The van der Waals surface area contributed by atoms with Crippen LogP contribution in [-0.2, 0) is 18.6 Å². The molecule has 3 heterocycles. The van der Waals surface area contributed by atoms with Crippen LogP contribution in [0.25, 0.3) is 0 Å². The van der Waals surface area contributed by atoms with E-state index in [9.17, 15) is 14.2 Å². The van der Waals surface area contributed by atoms with Crippen molar-refractivity contribution in [3.8, 4) is 0 Å². The van der Waals surface area contributed by atoms with E-state index in [0.29, 0.717) is 45.0 Å². The van der Waals surface area contributed by atoms with Crippen molar-refractivity contribution in [2.24, 2.45) is 0 Å². The number of aromatic amines is 1. The molecule has 152 valence electrons. The van der Waals surface area contributed by atoms with Crippen LogP contribution in [0.3, 0.4) is 0 Å². The van der Waals surface area contributed by atoms with E-state index in [0.717, 1.165) is 0 Å². The van der Waals surface area contributed by atoms with Crippen LogP contribution >= 0.6 is 7.52 Å². The smallest absolute Gasteiger partial charge is 0.330 e. The van der Waals surface area contributed by atoms with E-state index < -0.39 is 25.0 Å². The van der Waals surface area contributed by atoms with Crippen molar-refractivity contribution in [2.45, 2.75) is 19.3 Å². The Balaban J connectivity index is 1.67. The zero-order valence-corrected chi connectivity index (χ0v) is 16.8. The van der Waals surface area contributed by atoms with E-state index in [1.807, 2.05) is 16.6 Å². The Labute approximate surface area is 157 Å². The number of nitrogens with zero attached hydrogens (tertiary/aromatic N) is 3. The van der Waals surface area contributed by atoms with Crippen LogP contribution in [0.4, 0.5) is 0 Å². The van der Waals surface area contributed by atoms with Gasteiger partial charge in [0.25, 0.3) is 13.1 Å². The molecule has 0 bridgehead atoms. The molecule has 1 N–H and O–H groups in total. The monoisotopic (exact) mass is 402 g/mol. The van der Waals surface area contributed by atoms with Gasteiger partial charge in [-0.25, -0.2) is 9.46 Å². The van der Waals surface area contributed by atoms with Gasteiger partial charge in [-0.05, 0) is 14.0 Å². The topological polar surface area (TPSA) is 106 Å². The maximum atomic E-state index is 12.9. The maximum Gasteiger partial charge on any atom is 0.330 e. The lowest BCUT2D eigenvalue weighted by Gasteiger charge is -2.38. The number of H-pyrrole nitrogens is 1. The van der Waals surface area contributed by atoms with Gasteiger partial charge in [-0.15, -0.1) is 0 Å². The van der Waals surface area contributed by atoms with E-state index >= 15 is 0 Å². The fourth-order valence-corrected chi connectivity index (χ4v) is 4.76. The molecule has 2 fully saturated rings. The molecule has 2 saturated heterocycles. The van der Waals surface area contributed by atoms with Gasteiger partial charge < -0.3 is 14.0 Å². The van der Waals surface area contributed by atoms with E-state index in [-0.39, 0.29) is 12.7 Å². The maximum absolute atomic E-state index is 12.9. The number of ether oxygens (including phenoxy) is 2. The molecular weight excluding hydrogens is 375 g/mol. The van der Waals surface area contributed by atoms with E-state index in [1.165, 1.54) is 10.8 Å². The average molecular weight is 402 g/mol. The Morgan fingerprint density at radius 2 is 2.00 bits per heavy atom. The number of aryl methyl sites for hydroxylation is 1. The summed E-state index contributed by atoms with van der Waals surface area (Å²) in [5.41, 5.74) is -0.484. The number of likely N-dealkylation sites (N-methyl/N-ethyl adjacent to an activating group) is 1. The highest BCUT2D eigenvalue weighted by atomic mass is 31.2. The highest BCUT2D eigenvalue weighted by Gasteiger charge is 2.32. The number of hydrogen-bond donors (Lipinski definition) is 1. The van der Waals surface area contributed by atoms with Crippen molar-refractivity contribution in [1.29, 1.82) is 0 Å². The van der Waals surface area contributed by atoms with Gasteiger partial charge in [-0.1, -0.05) is 0 Å². The van der Waals surface area contributed by atoms with Crippen molar-refractivity contribution >= 4 is 7.52 Å². The molecule has 0 radical (unpaired) electrons. The van der Waals surface area contributed by atoms with Crippen molar-refractivity contribution in [3.05, 3.63) is 32.6 Å². The van der Waals surface area contributed by atoms with Crippen molar-refractivity contribution in [1.82, 2.24) is 19.1 Å². The second-order valence-electron chi connectivity index (χ2n) is 7.08. The van der Waals surface area contributed by atoms with Crippen LogP contribution in [0.5, 0.6) is 0 Å². The number of nitrogens with one attached hydrogen (secondary N) is 1. The van der Waals surface area contributed by atoms with Crippen LogP contribution in [0.1, 0.15) is 11.8 Å². The van der Waals surface area contributed by atoms with Gasteiger partial charge in [-0.2, -0.15) is 0 Å². The van der Waals surface area contributed by atoms with Gasteiger partial charge in [0.05, 0.1) is 25.9 Å². The number of rotatable bonds is 5. The van der Waals surface area contributed by atoms with Crippen LogP contribution in [-0.4, -0.2) is 84.9 Å². The molecule has 2 aliphatic rings. The zero-order valence-electron chi connectivity index (χ0n) is 15.9. The highest BCUT2D eigenvalue weighted by Crippen LogP contribution is 2.47. The first kappa shape index (κ1) is 20.4. The van der Waals surface area contributed by atoms with Crippen molar-refractivity contribution in [2.75, 3.05) is 59.7 Å². The van der Waals surface area contributed by atoms with Crippen molar-refractivity contribution in [3.63, 3.8) is 0 Å². The third kappa shape index (κ3) is 4.96. The normalized spacial score (nSPS) is 27.4. The fourth-order valence-electron chi connectivity index (χ4n) is 3.26. The van der Waals surface area contributed by atoms with Crippen LogP contribution in [0.2, 0.25) is 0 Å². The molecule has 3 atom stereocenters. The standard InChI is InChI=1S/C16H27N4O6P/c1-12-8-20(16(22)17-15(12)21)14-10-18(2)9-13(26-14)11-25-27(3,23)19-4-6-24-7-5-19/h8,13-14H,4-7,9-11H2,1-3H3,(H,17,21,22)/t13-,14?,27-/m0/s1. The first-order chi connectivity index (χ1) is 12.8. The van der Waals surface area contributed by atoms with Gasteiger partial charge in [0.1, 0.15) is 0 Å². The minimum Gasteiger partial charge on any atom is -0.379 e. The van der Waals surface area contributed by atoms with Gasteiger partial charge in [0.15, 0.2) is 6.23 Å². The summed E-state index contributed by atoms with van der Waals surface area (Å²) in [4.78, 5) is 28.0. The predicted molar refractivity (Wildman–Crippen MR) is 99.3 cm³/mol. The predicted octanol–water partition coefficient (Wildman–Crippen LogP) is -0.154. The van der Waals surface area contributed by atoms with Gasteiger partial charge >= 0.3 is 5.69 Å². The van der Waals surface area contributed by atoms with Crippen LogP contribution in [0.15, 0.2) is 15.8 Å². The summed E-state index contributed by atoms with van der Waals surface area (Å²) in [5.74, 6) is 0. The van der Waals surface area contributed by atoms with Gasteiger partial charge in [0.2, 0.25) is 0 Å². The van der Waals surface area contributed by atoms with Crippen LogP contribution < -0.4 is 11.2 Å². The fraction of sp³-hybridized carbons (Fsp3) is 0.750. The molecule has 0 amide bonds. The Bertz CT molecular complexity index is 818. The average Bonchev–Trinajstić information content (AvgIpc) is 2.63. The molecule has 0 spiro atoms. The summed E-state index contributed by atoms with van der Waals surface area (Å²) in [6.45, 7) is 6.73. The number of hydrogen-bond acceptors (Lipinski definition) is 7. The van der Waals surface area contributed by atoms with Crippen molar-refractivity contribution < 1.29 is 18.6 Å². The summed E-state index contributed by atoms with van der Waals surface area (Å²) in [6, 6.07) is 0. The zero-order chi connectivity index (χ0) is 19.6. The molecule has 3 rings (SSSR count). The lowest BCUT2D eigenvalue weighted by Crippen LogP contribution is -2.48. The number of morpholine rings is 2. The lowest BCUT2D eigenvalue weighted by molar-refractivity contribution is -0.128. The molecule has 11 heteroatoms. The summed E-state index contributed by atoms with van der Waals surface area (Å²) in [6.07, 6.45) is 0.601. The Morgan fingerprint density at radius 1 is 1.30 bits per heavy atom. The highest BCUT2D eigenvalue weighted by molar-refractivity contribution is 7.55. The molecule has 0 aliphatic carbocycles. The Morgan fingerprint density at radius 3 is 2.70 bits per heavy atom. The number of aromatic nitrogens is 2. The second-order valence-corrected chi connectivity index (χ2v) is 9.51. The minimum absolute atomic E-state index is 0.156. The molecule has 0 aromatic carbocycles. The Hall–Kier alpha value is -1.29. The second kappa shape index (κ2) is 8.38. The first-order valence-electron chi connectivity index (χ1n) is 8.97. The van der Waals surface area contributed by atoms with E-state index in [4.69, 9.17) is 14.0 Å². The SMILES string of the molecule is Cc1cn(C2CN(C)C[C@@H](CO[P@](C)(=O)N3CCOCC3)O2)c(=O)[nH]c1=O. The van der Waals surface area contributed by atoms with E-state index in [2.05, 4.69) is 4.98 Å². The van der Waals surface area contributed by atoms with Gasteiger partial charge in [0, 0.05) is 44.6 Å². The summed E-state index contributed by atoms with van der Waals surface area (Å²) in [5, 5.41) is 0. The largest absolute Gasteiger partial charge is 0.379 e. The minimum atomic E-state index is -2.93. The lowest BCUT2D eigenvalue weighted by atomic mass is 10.2. The quantitative estimate of drug-likeness (QED) is 0.678. The molecule has 1 aromatic rings. The summed E-state index contributed by atoms with van der Waals surface area (Å²) >= 11 is 0. The van der Waals surface area contributed by atoms with E-state index in [1.54, 1.807) is 13.6 Å². The molecule has 2 aliphatic heterocycles. The van der Waals surface area contributed by atoms with Crippen LogP contribution in [0, 0.1) is 6.92 Å². The molecule has 1 unspecified atom stereocenters. The summed E-state index contributed by atoms with van der Waals surface area (Å²) < 4.78 is 33.1. The third-order valence-electron chi connectivity index (χ3n) is 4.79. The third-order valence-corrected chi connectivity index (χ3v) is 6.85. The molecule has 10 nitrogen and oxygen atoms in total. The Kier molecular flexibility index (Phi) is 6.35.